The normalized spacial score (nSPS) is 18.4. The predicted octanol–water partition coefficient (Wildman–Crippen LogP) is 4.72. The summed E-state index contributed by atoms with van der Waals surface area (Å²) in [6.45, 7) is 2.53. The zero-order chi connectivity index (χ0) is 19.0. The molecule has 1 aliphatic heterocycles. The third-order valence-electron chi connectivity index (χ3n) is 5.25. The van der Waals surface area contributed by atoms with Gasteiger partial charge in [0, 0.05) is 23.5 Å². The number of hydrogen-bond donors (Lipinski definition) is 2. The Bertz CT molecular complexity index is 963. The maximum Gasteiger partial charge on any atom is 0.126 e. The molecule has 4 heteroatoms. The number of phenolic OH excluding ortho intramolecular Hbond substituents is 2. The second-order valence-electron chi connectivity index (χ2n) is 6.94. The van der Waals surface area contributed by atoms with Gasteiger partial charge in [-0.2, -0.15) is 0 Å². The number of fused-ring (bicyclic) bond motifs is 1. The van der Waals surface area contributed by atoms with Crippen molar-refractivity contribution >= 4 is 0 Å². The van der Waals surface area contributed by atoms with Gasteiger partial charge < -0.3 is 19.7 Å². The van der Waals surface area contributed by atoms with Gasteiger partial charge in [0.05, 0.1) is 13.7 Å². The summed E-state index contributed by atoms with van der Waals surface area (Å²) >= 11 is 0. The van der Waals surface area contributed by atoms with Gasteiger partial charge in [-0.05, 0) is 47.9 Å². The van der Waals surface area contributed by atoms with Crippen molar-refractivity contribution in [3.05, 3.63) is 82.9 Å². The van der Waals surface area contributed by atoms with Crippen LogP contribution in [0.5, 0.6) is 23.0 Å². The Morgan fingerprint density at radius 1 is 0.889 bits per heavy atom. The minimum Gasteiger partial charge on any atom is -0.508 e. The molecule has 3 aromatic rings. The molecule has 0 saturated carbocycles. The van der Waals surface area contributed by atoms with Gasteiger partial charge in [0.25, 0.3) is 0 Å². The molecule has 0 spiro atoms. The van der Waals surface area contributed by atoms with Crippen LogP contribution in [0.2, 0.25) is 0 Å². The summed E-state index contributed by atoms with van der Waals surface area (Å²) < 4.78 is 11.4. The lowest BCUT2D eigenvalue weighted by Gasteiger charge is -2.34. The highest BCUT2D eigenvalue weighted by molar-refractivity contribution is 5.52. The van der Waals surface area contributed by atoms with Crippen LogP contribution in [0, 0.1) is 6.92 Å². The van der Waals surface area contributed by atoms with E-state index in [2.05, 4.69) is 12.1 Å². The molecule has 138 valence electrons. The second-order valence-corrected chi connectivity index (χ2v) is 6.94. The van der Waals surface area contributed by atoms with E-state index in [1.165, 1.54) is 5.56 Å². The number of rotatable bonds is 3. The Labute approximate surface area is 158 Å². The van der Waals surface area contributed by atoms with E-state index in [-0.39, 0.29) is 23.3 Å². The third-order valence-corrected chi connectivity index (χ3v) is 5.25. The topological polar surface area (TPSA) is 58.9 Å². The van der Waals surface area contributed by atoms with E-state index < -0.39 is 0 Å². The molecule has 0 aliphatic carbocycles. The third kappa shape index (κ3) is 3.19. The average molecular weight is 362 g/mol. The summed E-state index contributed by atoms with van der Waals surface area (Å²) in [6.07, 6.45) is 0. The van der Waals surface area contributed by atoms with E-state index >= 15 is 0 Å². The lowest BCUT2D eigenvalue weighted by molar-refractivity contribution is 0.247. The molecule has 1 heterocycles. The number of hydrogen-bond acceptors (Lipinski definition) is 4. The number of benzene rings is 3. The van der Waals surface area contributed by atoms with Gasteiger partial charge in [-0.25, -0.2) is 0 Å². The molecule has 0 aromatic heterocycles. The molecular formula is C23H22O4. The van der Waals surface area contributed by atoms with Crippen LogP contribution in [0.4, 0.5) is 0 Å². The fraction of sp³-hybridized carbons (Fsp3) is 0.217. The van der Waals surface area contributed by atoms with Crippen molar-refractivity contribution in [1.29, 1.82) is 0 Å². The van der Waals surface area contributed by atoms with Crippen LogP contribution in [0.25, 0.3) is 0 Å². The van der Waals surface area contributed by atoms with E-state index in [1.54, 1.807) is 31.4 Å². The summed E-state index contributed by atoms with van der Waals surface area (Å²) in [5.41, 5.74) is 4.39. The maximum absolute atomic E-state index is 9.85. The molecule has 0 bridgehead atoms. The first-order valence-corrected chi connectivity index (χ1v) is 8.96. The van der Waals surface area contributed by atoms with Gasteiger partial charge in [0.15, 0.2) is 0 Å². The van der Waals surface area contributed by atoms with Gasteiger partial charge in [0.1, 0.15) is 23.0 Å². The van der Waals surface area contributed by atoms with Crippen molar-refractivity contribution in [2.75, 3.05) is 13.7 Å². The molecular weight excluding hydrogens is 340 g/mol. The van der Waals surface area contributed by atoms with Crippen LogP contribution in [-0.4, -0.2) is 23.9 Å². The molecule has 0 radical (unpaired) electrons. The highest BCUT2D eigenvalue weighted by Crippen LogP contribution is 2.47. The van der Waals surface area contributed by atoms with Crippen molar-refractivity contribution in [1.82, 2.24) is 0 Å². The lowest BCUT2D eigenvalue weighted by atomic mass is 9.75. The number of phenols is 2. The van der Waals surface area contributed by atoms with E-state index in [0.29, 0.717) is 12.4 Å². The average Bonchev–Trinajstić information content (AvgIpc) is 2.67. The Morgan fingerprint density at radius 3 is 2.30 bits per heavy atom. The van der Waals surface area contributed by atoms with Crippen molar-refractivity contribution in [3.63, 3.8) is 0 Å². The Kier molecular flexibility index (Phi) is 4.40. The van der Waals surface area contributed by atoms with E-state index in [9.17, 15) is 10.2 Å². The molecule has 4 nitrogen and oxygen atoms in total. The summed E-state index contributed by atoms with van der Waals surface area (Å²) in [4.78, 5) is 0. The van der Waals surface area contributed by atoms with Crippen LogP contribution < -0.4 is 9.47 Å². The molecule has 0 saturated heterocycles. The van der Waals surface area contributed by atoms with Gasteiger partial charge in [0.2, 0.25) is 0 Å². The van der Waals surface area contributed by atoms with Crippen LogP contribution in [0.15, 0.2) is 60.7 Å². The maximum atomic E-state index is 9.85. The van der Waals surface area contributed by atoms with Crippen LogP contribution in [0.3, 0.4) is 0 Å². The van der Waals surface area contributed by atoms with Gasteiger partial charge in [-0.15, -0.1) is 0 Å². The molecule has 0 amide bonds. The summed E-state index contributed by atoms with van der Waals surface area (Å²) in [5.74, 6) is 2.18. The van der Waals surface area contributed by atoms with E-state index in [4.69, 9.17) is 9.47 Å². The Hall–Kier alpha value is -3.14. The minimum absolute atomic E-state index is 0.0727. The minimum atomic E-state index is 0.0727. The van der Waals surface area contributed by atoms with Crippen molar-refractivity contribution in [3.8, 4) is 23.0 Å². The molecule has 27 heavy (non-hydrogen) atoms. The first-order valence-electron chi connectivity index (χ1n) is 8.96. The lowest BCUT2D eigenvalue weighted by Crippen LogP contribution is -2.25. The zero-order valence-electron chi connectivity index (χ0n) is 15.3. The summed E-state index contributed by atoms with van der Waals surface area (Å²) in [7, 11) is 1.67. The molecule has 0 fully saturated rings. The number of ether oxygens (including phenoxy) is 2. The largest absolute Gasteiger partial charge is 0.508 e. The van der Waals surface area contributed by atoms with Gasteiger partial charge in [-0.3, -0.25) is 0 Å². The summed E-state index contributed by atoms with van der Waals surface area (Å²) in [5, 5.41) is 19.5. The van der Waals surface area contributed by atoms with E-state index in [0.717, 1.165) is 22.4 Å². The molecule has 0 unspecified atom stereocenters. The van der Waals surface area contributed by atoms with Crippen molar-refractivity contribution in [2.24, 2.45) is 0 Å². The SMILES string of the molecule is COc1ccc([C@H]2c3ccc(O)cc3OC[C@H]2c2ccc(O)cc2)cc1C. The molecule has 2 atom stereocenters. The molecule has 4 rings (SSSR count). The highest BCUT2D eigenvalue weighted by Gasteiger charge is 2.33. The van der Waals surface area contributed by atoms with Gasteiger partial charge >= 0.3 is 0 Å². The van der Waals surface area contributed by atoms with Gasteiger partial charge in [-0.1, -0.05) is 30.3 Å². The molecule has 1 aliphatic rings. The number of aromatic hydroxyl groups is 2. The standard InChI is InChI=1S/C23H22O4/c1-14-11-16(5-10-21(14)26-2)23-19-9-8-18(25)12-22(19)27-13-20(23)15-3-6-17(24)7-4-15/h3-12,20,23-25H,13H2,1-2H3/t20-,23-/m0/s1. The van der Waals surface area contributed by atoms with Crippen LogP contribution in [-0.2, 0) is 0 Å². The highest BCUT2D eigenvalue weighted by atomic mass is 16.5. The van der Waals surface area contributed by atoms with Crippen molar-refractivity contribution < 1.29 is 19.7 Å². The molecule has 3 aromatic carbocycles. The van der Waals surface area contributed by atoms with Crippen LogP contribution in [0.1, 0.15) is 34.1 Å². The van der Waals surface area contributed by atoms with Crippen molar-refractivity contribution in [2.45, 2.75) is 18.8 Å². The fourth-order valence-electron chi connectivity index (χ4n) is 3.91. The predicted molar refractivity (Wildman–Crippen MR) is 104 cm³/mol. The first kappa shape index (κ1) is 17.3. The fourth-order valence-corrected chi connectivity index (χ4v) is 3.91. The molecule has 2 N–H and O–H groups in total. The number of aryl methyl sites for hydroxylation is 1. The number of methoxy groups -OCH3 is 1. The van der Waals surface area contributed by atoms with E-state index in [1.807, 2.05) is 31.2 Å². The quantitative estimate of drug-likeness (QED) is 0.708. The zero-order valence-corrected chi connectivity index (χ0v) is 15.3. The van der Waals surface area contributed by atoms with Crippen LogP contribution >= 0.6 is 0 Å². The summed E-state index contributed by atoms with van der Waals surface area (Å²) in [6, 6.07) is 18.8. The monoisotopic (exact) mass is 362 g/mol. The Morgan fingerprint density at radius 2 is 1.59 bits per heavy atom. The second kappa shape index (κ2) is 6.88. The first-order chi connectivity index (χ1) is 13.1. The smallest absolute Gasteiger partial charge is 0.126 e. The Balaban J connectivity index is 1.85.